The number of hydrogen-bond donors (Lipinski definition) is 1. The molecule has 0 saturated carbocycles. The maximum atomic E-state index is 13.8. The summed E-state index contributed by atoms with van der Waals surface area (Å²) in [7, 11) is 1.47. The summed E-state index contributed by atoms with van der Waals surface area (Å²) in [6, 6.07) is 13.2. The third kappa shape index (κ3) is 3.17. The van der Waals surface area contributed by atoms with Crippen LogP contribution in [0.3, 0.4) is 0 Å². The zero-order valence-electron chi connectivity index (χ0n) is 11.9. The lowest BCUT2D eigenvalue weighted by atomic mass is 9.94. The second kappa shape index (κ2) is 6.53. The molecule has 0 aliphatic heterocycles. The average molecular weight is 273 g/mol. The Morgan fingerprint density at radius 1 is 1.15 bits per heavy atom. The molecule has 0 fully saturated rings. The minimum atomic E-state index is -0.342. The predicted molar refractivity (Wildman–Crippen MR) is 80.5 cm³/mol. The van der Waals surface area contributed by atoms with Crippen LogP contribution in [0.2, 0.25) is 0 Å². The van der Waals surface area contributed by atoms with Gasteiger partial charge in [-0.3, -0.25) is 0 Å². The molecule has 0 saturated heterocycles. The highest BCUT2D eigenvalue weighted by Gasteiger charge is 2.08. The van der Waals surface area contributed by atoms with Gasteiger partial charge in [0, 0.05) is 0 Å². The smallest absolute Gasteiger partial charge is 0.165 e. The van der Waals surface area contributed by atoms with E-state index in [1.165, 1.54) is 18.7 Å². The molecule has 0 radical (unpaired) electrons. The van der Waals surface area contributed by atoms with Gasteiger partial charge >= 0.3 is 0 Å². The number of rotatable bonds is 5. The van der Waals surface area contributed by atoms with Crippen LogP contribution in [-0.2, 0) is 0 Å². The summed E-state index contributed by atoms with van der Waals surface area (Å²) in [6.45, 7) is 2.82. The molecule has 2 aromatic carbocycles. The van der Waals surface area contributed by atoms with Crippen molar-refractivity contribution >= 4 is 0 Å². The number of nitrogens with two attached hydrogens (primary N) is 1. The lowest BCUT2D eigenvalue weighted by molar-refractivity contribution is 0.386. The molecule has 0 amide bonds. The first-order chi connectivity index (χ1) is 9.65. The maximum Gasteiger partial charge on any atom is 0.165 e. The topological polar surface area (TPSA) is 35.2 Å². The molecule has 106 valence electrons. The number of benzene rings is 2. The van der Waals surface area contributed by atoms with Gasteiger partial charge in [0.1, 0.15) is 0 Å². The first-order valence-corrected chi connectivity index (χ1v) is 6.79. The van der Waals surface area contributed by atoms with Gasteiger partial charge in [0.05, 0.1) is 7.11 Å². The Bertz CT molecular complexity index is 583. The SMILES string of the molecule is COc1ccc(-c2cccc(C(C)CCN)c2)cc1F. The van der Waals surface area contributed by atoms with Gasteiger partial charge in [0.15, 0.2) is 11.6 Å². The third-order valence-corrected chi connectivity index (χ3v) is 3.54. The van der Waals surface area contributed by atoms with Crippen molar-refractivity contribution in [2.45, 2.75) is 19.3 Å². The van der Waals surface area contributed by atoms with Crippen LogP contribution in [0.25, 0.3) is 11.1 Å². The lowest BCUT2D eigenvalue weighted by Crippen LogP contribution is -2.04. The summed E-state index contributed by atoms with van der Waals surface area (Å²) in [5.74, 6) is 0.329. The number of methoxy groups -OCH3 is 1. The van der Waals surface area contributed by atoms with Crippen molar-refractivity contribution < 1.29 is 9.13 Å². The Kier molecular flexibility index (Phi) is 4.74. The van der Waals surface area contributed by atoms with Crippen molar-refractivity contribution in [1.82, 2.24) is 0 Å². The summed E-state index contributed by atoms with van der Waals surface area (Å²) in [4.78, 5) is 0. The number of halogens is 1. The van der Waals surface area contributed by atoms with E-state index < -0.39 is 0 Å². The largest absolute Gasteiger partial charge is 0.494 e. The van der Waals surface area contributed by atoms with Gasteiger partial charge in [-0.1, -0.05) is 37.3 Å². The van der Waals surface area contributed by atoms with Gasteiger partial charge < -0.3 is 10.5 Å². The van der Waals surface area contributed by atoms with E-state index in [9.17, 15) is 4.39 Å². The minimum absolute atomic E-state index is 0.265. The molecule has 0 aliphatic carbocycles. The molecule has 1 atom stereocenters. The quantitative estimate of drug-likeness (QED) is 0.895. The van der Waals surface area contributed by atoms with E-state index in [-0.39, 0.29) is 11.6 Å². The molecule has 0 bridgehead atoms. The van der Waals surface area contributed by atoms with Gasteiger partial charge in [-0.15, -0.1) is 0 Å². The van der Waals surface area contributed by atoms with Crippen molar-refractivity contribution in [3.05, 3.63) is 53.8 Å². The van der Waals surface area contributed by atoms with Crippen molar-refractivity contribution in [3.8, 4) is 16.9 Å². The van der Waals surface area contributed by atoms with Gasteiger partial charge in [0.25, 0.3) is 0 Å². The molecule has 0 heterocycles. The standard InChI is InChI=1S/C17H20FNO/c1-12(8-9-19)13-4-3-5-14(10-13)15-6-7-17(20-2)16(18)11-15/h3-7,10-12H,8-9,19H2,1-2H3. The van der Waals surface area contributed by atoms with Crippen LogP contribution < -0.4 is 10.5 Å². The molecule has 1 unspecified atom stereocenters. The van der Waals surface area contributed by atoms with E-state index in [1.807, 2.05) is 18.2 Å². The molecule has 2 aromatic rings. The zero-order chi connectivity index (χ0) is 14.5. The number of hydrogen-bond acceptors (Lipinski definition) is 2. The van der Waals surface area contributed by atoms with Crippen LogP contribution in [0.5, 0.6) is 5.75 Å². The van der Waals surface area contributed by atoms with Crippen molar-refractivity contribution in [3.63, 3.8) is 0 Å². The Labute approximate surface area is 119 Å². The van der Waals surface area contributed by atoms with E-state index in [1.54, 1.807) is 6.07 Å². The van der Waals surface area contributed by atoms with Crippen molar-refractivity contribution in [2.24, 2.45) is 5.73 Å². The fraction of sp³-hybridized carbons (Fsp3) is 0.294. The summed E-state index contributed by atoms with van der Waals surface area (Å²) >= 11 is 0. The lowest BCUT2D eigenvalue weighted by Gasteiger charge is -2.12. The van der Waals surface area contributed by atoms with Crippen molar-refractivity contribution in [1.29, 1.82) is 0 Å². The predicted octanol–water partition coefficient (Wildman–Crippen LogP) is 3.95. The normalized spacial score (nSPS) is 12.2. The summed E-state index contributed by atoms with van der Waals surface area (Å²) in [6.07, 6.45) is 0.945. The summed E-state index contributed by atoms with van der Waals surface area (Å²) in [5, 5.41) is 0. The Hall–Kier alpha value is -1.87. The molecule has 3 heteroatoms. The second-order valence-corrected chi connectivity index (χ2v) is 4.95. The molecular formula is C17H20FNO. The molecule has 0 aliphatic rings. The van der Waals surface area contributed by atoms with E-state index in [0.29, 0.717) is 12.5 Å². The van der Waals surface area contributed by atoms with Gasteiger partial charge in [-0.25, -0.2) is 4.39 Å². The van der Waals surface area contributed by atoms with Crippen LogP contribution in [0.1, 0.15) is 24.8 Å². The van der Waals surface area contributed by atoms with Crippen molar-refractivity contribution in [2.75, 3.05) is 13.7 Å². The molecule has 2 nitrogen and oxygen atoms in total. The first kappa shape index (κ1) is 14.5. The number of ether oxygens (including phenoxy) is 1. The monoisotopic (exact) mass is 273 g/mol. The molecule has 2 N–H and O–H groups in total. The fourth-order valence-electron chi connectivity index (χ4n) is 2.29. The maximum absolute atomic E-state index is 13.8. The summed E-state index contributed by atoms with van der Waals surface area (Å²) < 4.78 is 18.7. The highest BCUT2D eigenvalue weighted by atomic mass is 19.1. The zero-order valence-corrected chi connectivity index (χ0v) is 11.9. The van der Waals surface area contributed by atoms with Gasteiger partial charge in [0.2, 0.25) is 0 Å². The first-order valence-electron chi connectivity index (χ1n) is 6.79. The van der Waals surface area contributed by atoms with Crippen LogP contribution in [-0.4, -0.2) is 13.7 Å². The second-order valence-electron chi connectivity index (χ2n) is 4.95. The molecule has 0 aromatic heterocycles. The molecule has 0 spiro atoms. The Morgan fingerprint density at radius 3 is 2.55 bits per heavy atom. The van der Waals surface area contributed by atoms with Crippen LogP contribution in [0, 0.1) is 5.82 Å². The van der Waals surface area contributed by atoms with Crippen LogP contribution in [0.4, 0.5) is 4.39 Å². The van der Waals surface area contributed by atoms with E-state index >= 15 is 0 Å². The fourth-order valence-corrected chi connectivity index (χ4v) is 2.29. The highest BCUT2D eigenvalue weighted by molar-refractivity contribution is 5.65. The minimum Gasteiger partial charge on any atom is -0.494 e. The Morgan fingerprint density at radius 2 is 1.90 bits per heavy atom. The average Bonchev–Trinajstić information content (AvgIpc) is 2.47. The van der Waals surface area contributed by atoms with Gasteiger partial charge in [-0.2, -0.15) is 0 Å². The molecule has 20 heavy (non-hydrogen) atoms. The van der Waals surface area contributed by atoms with Crippen LogP contribution >= 0.6 is 0 Å². The van der Waals surface area contributed by atoms with E-state index in [4.69, 9.17) is 10.5 Å². The van der Waals surface area contributed by atoms with Crippen LogP contribution in [0.15, 0.2) is 42.5 Å². The van der Waals surface area contributed by atoms with E-state index in [2.05, 4.69) is 19.1 Å². The third-order valence-electron chi connectivity index (χ3n) is 3.54. The Balaban J connectivity index is 2.33. The molecule has 2 rings (SSSR count). The summed E-state index contributed by atoms with van der Waals surface area (Å²) in [5.41, 5.74) is 8.69. The highest BCUT2D eigenvalue weighted by Crippen LogP contribution is 2.28. The van der Waals surface area contributed by atoms with E-state index in [0.717, 1.165) is 17.5 Å². The molecular weight excluding hydrogens is 253 g/mol. The van der Waals surface area contributed by atoms with Gasteiger partial charge in [-0.05, 0) is 47.7 Å².